The zero-order valence-electron chi connectivity index (χ0n) is 23.6. The molecule has 9 nitrogen and oxygen atoms in total. The van der Waals surface area contributed by atoms with Crippen LogP contribution in [-0.4, -0.2) is 104 Å². The average Bonchev–Trinajstić information content (AvgIpc) is 3.52. The summed E-state index contributed by atoms with van der Waals surface area (Å²) in [7, 11) is 0. The first-order valence-corrected chi connectivity index (χ1v) is 14.8. The molecule has 2 amide bonds. The van der Waals surface area contributed by atoms with E-state index in [9.17, 15) is 14.4 Å². The fourth-order valence-corrected chi connectivity index (χ4v) is 6.77. The number of Topliss-reactive ketones (excluding diaryl/α,β-unsaturated/α-hetero) is 1. The van der Waals surface area contributed by atoms with Gasteiger partial charge in [0.25, 0.3) is 5.91 Å². The average molecular weight is 541 g/mol. The van der Waals surface area contributed by atoms with Crippen molar-refractivity contribution >= 4 is 23.3 Å². The summed E-state index contributed by atoms with van der Waals surface area (Å²) in [6.45, 7) is 11.1. The third-order valence-corrected chi connectivity index (χ3v) is 9.01. The van der Waals surface area contributed by atoms with Crippen LogP contribution in [0.5, 0.6) is 0 Å². The second-order valence-electron chi connectivity index (χ2n) is 11.7. The van der Waals surface area contributed by atoms with Gasteiger partial charge in [0.1, 0.15) is 30.9 Å². The van der Waals surface area contributed by atoms with Crippen molar-refractivity contribution in [3.63, 3.8) is 0 Å². The van der Waals surface area contributed by atoms with Crippen molar-refractivity contribution in [2.45, 2.75) is 83.2 Å². The predicted molar refractivity (Wildman–Crippen MR) is 149 cm³/mol. The molecule has 0 aromatic heterocycles. The minimum absolute atomic E-state index is 0.00199. The van der Waals surface area contributed by atoms with E-state index in [1.165, 1.54) is 0 Å². The molecule has 1 aromatic rings. The van der Waals surface area contributed by atoms with Crippen LogP contribution in [0, 0.1) is 5.92 Å². The Balaban J connectivity index is 1.29. The van der Waals surface area contributed by atoms with Gasteiger partial charge in [-0.05, 0) is 63.8 Å². The molecule has 5 rings (SSSR count). The molecule has 1 N–H and O–H groups in total. The number of benzene rings is 1. The van der Waals surface area contributed by atoms with E-state index in [1.54, 1.807) is 4.90 Å². The van der Waals surface area contributed by atoms with Crippen LogP contribution in [0.4, 0.5) is 5.69 Å². The molecule has 0 spiro atoms. The molecule has 0 unspecified atom stereocenters. The summed E-state index contributed by atoms with van der Waals surface area (Å²) in [6.07, 6.45) is 4.24. The Hall–Kier alpha value is -2.49. The number of amides is 2. The highest BCUT2D eigenvalue weighted by Gasteiger charge is 2.54. The van der Waals surface area contributed by atoms with E-state index in [0.717, 1.165) is 64.0 Å². The number of ether oxygens (including phenoxy) is 2. The van der Waals surface area contributed by atoms with Gasteiger partial charge in [0, 0.05) is 50.1 Å². The molecule has 4 atom stereocenters. The summed E-state index contributed by atoms with van der Waals surface area (Å²) < 4.78 is 11.6. The molecule has 3 aliphatic heterocycles. The molecule has 1 saturated carbocycles. The largest absolute Gasteiger partial charge is 0.374 e. The van der Waals surface area contributed by atoms with Crippen LogP contribution in [0.25, 0.3) is 0 Å². The van der Waals surface area contributed by atoms with Crippen molar-refractivity contribution in [2.75, 3.05) is 50.8 Å². The van der Waals surface area contributed by atoms with Crippen LogP contribution in [-0.2, 0) is 19.1 Å². The van der Waals surface area contributed by atoms with E-state index in [-0.39, 0.29) is 36.2 Å². The van der Waals surface area contributed by atoms with Gasteiger partial charge in [-0.1, -0.05) is 19.3 Å². The number of nitrogens with zero attached hydrogens (tertiary/aromatic N) is 3. The van der Waals surface area contributed by atoms with Gasteiger partial charge < -0.3 is 24.6 Å². The highest BCUT2D eigenvalue weighted by molar-refractivity contribution is 5.99. The van der Waals surface area contributed by atoms with Crippen LogP contribution >= 0.6 is 0 Å². The van der Waals surface area contributed by atoms with Crippen molar-refractivity contribution in [3.05, 3.63) is 29.8 Å². The molecule has 4 aliphatic rings. The number of piperazine rings is 1. The summed E-state index contributed by atoms with van der Waals surface area (Å²) in [5.41, 5.74) is 1.65. The first kappa shape index (κ1) is 28.1. The number of fused-ring (bicyclic) bond motifs is 1. The molecule has 4 fully saturated rings. The number of carbonyl (C=O) groups excluding carboxylic acids is 3. The first-order chi connectivity index (χ1) is 18.9. The smallest absolute Gasteiger partial charge is 0.251 e. The fraction of sp³-hybridized carbons (Fsp3) is 0.700. The number of anilines is 1. The van der Waals surface area contributed by atoms with Crippen molar-refractivity contribution in [1.29, 1.82) is 0 Å². The highest BCUT2D eigenvalue weighted by Crippen LogP contribution is 2.33. The molecule has 39 heavy (non-hydrogen) atoms. The lowest BCUT2D eigenvalue weighted by atomic mass is 9.83. The fourth-order valence-electron chi connectivity index (χ4n) is 6.77. The number of hydrogen-bond acceptors (Lipinski definition) is 7. The molecule has 0 bridgehead atoms. The molecule has 1 aliphatic carbocycles. The Morgan fingerprint density at radius 3 is 2.38 bits per heavy atom. The minimum atomic E-state index is -0.670. The Labute approximate surface area is 232 Å². The van der Waals surface area contributed by atoms with Crippen LogP contribution < -0.4 is 10.2 Å². The second-order valence-corrected chi connectivity index (χ2v) is 11.7. The van der Waals surface area contributed by atoms with Gasteiger partial charge in [0.15, 0.2) is 5.78 Å². The Bertz CT molecular complexity index is 1020. The van der Waals surface area contributed by atoms with Crippen LogP contribution in [0.3, 0.4) is 0 Å². The SMILES string of the molecule is CCO[C@H]1CN(C(=O)[C@@H](NC(=O)c2ccc(N3CCN(C(C)C)CC3)cc2)C2CCCCC2)[C@@H]2C(=O)CO[C@H]12. The quantitative estimate of drug-likeness (QED) is 0.542. The molecule has 3 heterocycles. The van der Waals surface area contributed by atoms with Crippen molar-refractivity contribution < 1.29 is 23.9 Å². The third-order valence-electron chi connectivity index (χ3n) is 9.01. The zero-order chi connectivity index (χ0) is 27.5. The maximum absolute atomic E-state index is 14.0. The van der Waals surface area contributed by atoms with Crippen molar-refractivity contribution in [3.8, 4) is 0 Å². The maximum Gasteiger partial charge on any atom is 0.251 e. The molecule has 3 saturated heterocycles. The maximum atomic E-state index is 14.0. The Kier molecular flexibility index (Phi) is 8.89. The molecule has 214 valence electrons. The normalized spacial score (nSPS) is 27.2. The van der Waals surface area contributed by atoms with Gasteiger partial charge in [-0.2, -0.15) is 0 Å². The van der Waals surface area contributed by atoms with E-state index in [2.05, 4.69) is 29.0 Å². The highest BCUT2D eigenvalue weighted by atomic mass is 16.6. The number of nitrogens with one attached hydrogen (secondary N) is 1. The first-order valence-electron chi connectivity index (χ1n) is 14.8. The summed E-state index contributed by atoms with van der Waals surface area (Å²) in [5, 5.41) is 3.10. The molecule has 1 aromatic carbocycles. The van der Waals surface area contributed by atoms with Gasteiger partial charge in [-0.25, -0.2) is 0 Å². The second kappa shape index (κ2) is 12.4. The van der Waals surface area contributed by atoms with Crippen LogP contribution in [0.1, 0.15) is 63.2 Å². The molecular weight excluding hydrogens is 496 g/mol. The lowest BCUT2D eigenvalue weighted by Crippen LogP contribution is -2.55. The Morgan fingerprint density at radius 1 is 1.05 bits per heavy atom. The van der Waals surface area contributed by atoms with E-state index in [1.807, 2.05) is 31.2 Å². The number of carbonyl (C=O) groups is 3. The van der Waals surface area contributed by atoms with Gasteiger partial charge >= 0.3 is 0 Å². The number of ketones is 1. The van der Waals surface area contributed by atoms with E-state index >= 15 is 0 Å². The lowest BCUT2D eigenvalue weighted by molar-refractivity contribution is -0.139. The zero-order valence-corrected chi connectivity index (χ0v) is 23.6. The summed E-state index contributed by atoms with van der Waals surface area (Å²) >= 11 is 0. The van der Waals surface area contributed by atoms with E-state index in [4.69, 9.17) is 9.47 Å². The van der Waals surface area contributed by atoms with Crippen LogP contribution in [0.2, 0.25) is 0 Å². The number of likely N-dealkylation sites (tertiary alicyclic amines) is 1. The number of rotatable bonds is 8. The molecular formula is C30H44N4O5. The van der Waals surface area contributed by atoms with Crippen molar-refractivity contribution in [2.24, 2.45) is 5.92 Å². The van der Waals surface area contributed by atoms with Gasteiger partial charge in [-0.15, -0.1) is 0 Å². The summed E-state index contributed by atoms with van der Waals surface area (Å²) in [5.74, 6) is -0.477. The van der Waals surface area contributed by atoms with E-state index in [0.29, 0.717) is 24.8 Å². The van der Waals surface area contributed by atoms with Gasteiger partial charge in [0.05, 0.1) is 6.54 Å². The van der Waals surface area contributed by atoms with Crippen LogP contribution in [0.15, 0.2) is 24.3 Å². The number of hydrogen-bond donors (Lipinski definition) is 1. The molecule has 0 radical (unpaired) electrons. The third kappa shape index (κ3) is 6.00. The van der Waals surface area contributed by atoms with Gasteiger partial charge in [0.2, 0.25) is 5.91 Å². The predicted octanol–water partition coefficient (Wildman–Crippen LogP) is 2.48. The minimum Gasteiger partial charge on any atom is -0.374 e. The van der Waals surface area contributed by atoms with E-state index < -0.39 is 18.2 Å². The monoisotopic (exact) mass is 540 g/mol. The standard InChI is InChI=1S/C30H44N4O5/c1-4-38-25-18-34(27-24(35)19-39-28(25)27)30(37)26(21-8-6-5-7-9-21)31-29(36)22-10-12-23(13-11-22)33-16-14-32(15-17-33)20(2)3/h10-13,20-21,25-28H,4-9,14-19H2,1-3H3,(H,31,36)/t25-,26-,27+,28+/m0/s1. The summed E-state index contributed by atoms with van der Waals surface area (Å²) in [4.78, 5) is 46.7. The Morgan fingerprint density at radius 2 is 1.74 bits per heavy atom. The topological polar surface area (TPSA) is 91.4 Å². The summed E-state index contributed by atoms with van der Waals surface area (Å²) in [6, 6.07) is 6.96. The van der Waals surface area contributed by atoms with Crippen molar-refractivity contribution in [1.82, 2.24) is 15.1 Å². The molecule has 9 heteroatoms. The lowest BCUT2D eigenvalue weighted by Gasteiger charge is -2.38. The van der Waals surface area contributed by atoms with Gasteiger partial charge in [-0.3, -0.25) is 19.3 Å².